The van der Waals surface area contributed by atoms with Crippen LogP contribution in [-0.2, 0) is 0 Å². The molecule has 0 aliphatic heterocycles. The first-order chi connectivity index (χ1) is 27.0. The van der Waals surface area contributed by atoms with Gasteiger partial charge in [0.15, 0.2) is 0 Å². The van der Waals surface area contributed by atoms with Crippen LogP contribution in [0.5, 0.6) is 11.5 Å². The molecule has 0 fully saturated rings. The van der Waals surface area contributed by atoms with Crippen molar-refractivity contribution < 1.29 is 20.1 Å². The van der Waals surface area contributed by atoms with Crippen LogP contribution >= 0.6 is 23.2 Å². The number of phenols is 1. The fourth-order valence-electron chi connectivity index (χ4n) is 6.04. The maximum Gasteiger partial charge on any atom is 0.119 e. The number of benzene rings is 6. The van der Waals surface area contributed by atoms with Crippen molar-refractivity contribution in [3.63, 3.8) is 0 Å². The van der Waals surface area contributed by atoms with Crippen molar-refractivity contribution in [2.45, 2.75) is 26.2 Å². The predicted molar refractivity (Wildman–Crippen MR) is 233 cm³/mol. The molecule has 6 aromatic rings. The molecule has 6 aromatic carbocycles. The molecule has 0 amide bonds. The molecule has 0 aliphatic rings. The van der Waals surface area contributed by atoms with Crippen molar-refractivity contribution in [2.24, 2.45) is 0 Å². The van der Waals surface area contributed by atoms with Gasteiger partial charge in [0.05, 0.1) is 6.61 Å². The van der Waals surface area contributed by atoms with Crippen LogP contribution in [0.3, 0.4) is 0 Å². The molecule has 55 heavy (non-hydrogen) atoms. The number of alkyl halides is 2. The Morgan fingerprint density at radius 3 is 1.11 bits per heavy atom. The van der Waals surface area contributed by atoms with Gasteiger partial charge in [-0.3, -0.25) is 0 Å². The molecule has 0 heterocycles. The molecule has 0 saturated heterocycles. The van der Waals surface area contributed by atoms with Crippen molar-refractivity contribution in [1.29, 1.82) is 0 Å². The summed E-state index contributed by atoms with van der Waals surface area (Å²) in [6.45, 7) is 2.55. The molecule has 4 nitrogen and oxygen atoms in total. The van der Waals surface area contributed by atoms with Gasteiger partial charge in [0.2, 0.25) is 0 Å². The largest absolute Gasteiger partial charge is 0.508 e. The van der Waals surface area contributed by atoms with Gasteiger partial charge in [0.1, 0.15) is 18.1 Å². The number of phenolic OH excluding ortho intramolecular Hbond substituents is 1. The summed E-state index contributed by atoms with van der Waals surface area (Å²) in [6.07, 6.45) is 2.43. The first-order valence-electron chi connectivity index (χ1n) is 18.6. The van der Waals surface area contributed by atoms with Crippen LogP contribution in [-0.4, -0.2) is 46.9 Å². The maximum absolute atomic E-state index is 9.63. The zero-order chi connectivity index (χ0) is 39.1. The van der Waals surface area contributed by atoms with E-state index in [1.54, 1.807) is 12.1 Å². The molecule has 0 spiro atoms. The summed E-state index contributed by atoms with van der Waals surface area (Å²) in [5.74, 6) is 2.13. The molecule has 0 atom stereocenters. The normalized spacial score (nSPS) is 11.5. The van der Waals surface area contributed by atoms with Crippen LogP contribution in [0.2, 0.25) is 0 Å². The Kier molecular flexibility index (Phi) is 18.9. The van der Waals surface area contributed by atoms with E-state index in [1.807, 2.05) is 79.7 Å². The topological polar surface area (TPSA) is 69.9 Å². The average Bonchev–Trinajstić information content (AvgIpc) is 3.25. The van der Waals surface area contributed by atoms with Gasteiger partial charge in [-0.25, -0.2) is 0 Å². The minimum Gasteiger partial charge on any atom is -0.508 e. The van der Waals surface area contributed by atoms with Crippen LogP contribution in [0.25, 0.3) is 22.3 Å². The monoisotopic (exact) mass is 772 g/mol. The Morgan fingerprint density at radius 1 is 0.455 bits per heavy atom. The number of aliphatic hydroxyl groups excluding tert-OH is 2. The summed E-state index contributed by atoms with van der Waals surface area (Å²) in [4.78, 5) is 0. The second kappa shape index (κ2) is 24.3. The number of hydrogen-bond acceptors (Lipinski definition) is 4. The molecule has 0 aromatic heterocycles. The third-order valence-electron chi connectivity index (χ3n) is 8.54. The predicted octanol–water partition coefficient (Wildman–Crippen LogP) is 12.0. The first-order valence-corrected chi connectivity index (χ1v) is 19.7. The van der Waals surface area contributed by atoms with E-state index in [0.717, 1.165) is 52.8 Å². The molecule has 3 N–H and O–H groups in total. The molecular formula is C49H50Cl2O4. The lowest BCUT2D eigenvalue weighted by Crippen LogP contribution is -2.01. The van der Waals surface area contributed by atoms with Crippen LogP contribution in [0.15, 0.2) is 170 Å². The zero-order valence-electron chi connectivity index (χ0n) is 31.3. The molecule has 0 saturated carbocycles. The summed E-state index contributed by atoms with van der Waals surface area (Å²) in [6, 6.07) is 56.8. The van der Waals surface area contributed by atoms with Gasteiger partial charge in [-0.2, -0.15) is 0 Å². The fourth-order valence-corrected chi connectivity index (χ4v) is 6.42. The molecule has 6 heteroatoms. The van der Waals surface area contributed by atoms with Gasteiger partial charge in [-0.15, -0.1) is 23.2 Å². The highest BCUT2D eigenvalue weighted by Crippen LogP contribution is 2.36. The fraction of sp³-hybridized carbons (Fsp3) is 0.184. The van der Waals surface area contributed by atoms with Crippen LogP contribution in [0.4, 0.5) is 0 Å². The Bertz CT molecular complexity index is 1990. The van der Waals surface area contributed by atoms with E-state index in [0.29, 0.717) is 25.0 Å². The molecular weight excluding hydrogens is 723 g/mol. The van der Waals surface area contributed by atoms with Gasteiger partial charge in [0.25, 0.3) is 0 Å². The molecule has 6 rings (SSSR count). The molecule has 0 aliphatic carbocycles. The molecule has 284 valence electrons. The van der Waals surface area contributed by atoms with Crippen molar-refractivity contribution in [2.75, 3.05) is 31.6 Å². The standard InChI is InChI=1S/C24H23ClO2.C22H19ClO.C3H8O/c25-16-15-23(19-7-3-1-4-8-19)24(20-9-5-2-6-10-20)21-11-13-22(14-12-21)27-18-17-26;23-16-15-21(17-7-3-1-4-8-17)22(18-9-5-2-6-10-18)19-11-13-20(24)14-12-19;1-2-3-4/h1-14,26H,15-18H2;1-14,24H,15-16H2;4H,2-3H2,1H3/b24-23-;22-21-;. The number of aromatic hydroxyl groups is 1. The number of aliphatic hydroxyl groups is 2. The van der Waals surface area contributed by atoms with E-state index in [2.05, 4.69) is 84.9 Å². The lowest BCUT2D eigenvalue weighted by molar-refractivity contribution is 0.201. The van der Waals surface area contributed by atoms with Crippen molar-refractivity contribution in [3.8, 4) is 11.5 Å². The van der Waals surface area contributed by atoms with E-state index in [4.69, 9.17) is 38.2 Å². The van der Waals surface area contributed by atoms with E-state index in [9.17, 15) is 5.11 Å². The first kappa shape index (κ1) is 42.6. The van der Waals surface area contributed by atoms with Gasteiger partial charge < -0.3 is 20.1 Å². The number of allylic oxidation sites excluding steroid dienone is 2. The minimum atomic E-state index is 0.00476. The maximum atomic E-state index is 9.63. The highest BCUT2D eigenvalue weighted by atomic mass is 35.5. The van der Waals surface area contributed by atoms with Gasteiger partial charge in [-0.05, 0) is 99.2 Å². The number of hydrogen-bond donors (Lipinski definition) is 3. The smallest absolute Gasteiger partial charge is 0.119 e. The highest BCUT2D eigenvalue weighted by molar-refractivity contribution is 6.19. The summed E-state index contributed by atoms with van der Waals surface area (Å²) in [5.41, 5.74) is 11.6. The molecule has 0 radical (unpaired) electrons. The van der Waals surface area contributed by atoms with Crippen LogP contribution < -0.4 is 4.74 Å². The second-order valence-electron chi connectivity index (χ2n) is 12.4. The SMILES string of the molecule is CCCO.OCCOc1ccc(/C(=C(/CCCl)c2ccccc2)c2ccccc2)cc1.Oc1ccc(/C(=C(/CCCl)c2ccccc2)c2ccccc2)cc1. The Labute approximate surface area is 336 Å². The Morgan fingerprint density at radius 2 is 0.782 bits per heavy atom. The number of rotatable bonds is 14. The number of halogens is 2. The van der Waals surface area contributed by atoms with Crippen molar-refractivity contribution in [1.82, 2.24) is 0 Å². The quantitative estimate of drug-likeness (QED) is 0.0762. The summed E-state index contributed by atoms with van der Waals surface area (Å²) >= 11 is 12.3. The van der Waals surface area contributed by atoms with Gasteiger partial charge >= 0.3 is 0 Å². The van der Waals surface area contributed by atoms with E-state index >= 15 is 0 Å². The lowest BCUT2D eigenvalue weighted by Gasteiger charge is -2.17. The Hall–Kier alpha value is -5.10. The molecule has 0 unspecified atom stereocenters. The summed E-state index contributed by atoms with van der Waals surface area (Å²) in [7, 11) is 0. The highest BCUT2D eigenvalue weighted by Gasteiger charge is 2.15. The third-order valence-corrected chi connectivity index (χ3v) is 8.92. The third kappa shape index (κ3) is 13.3. The van der Waals surface area contributed by atoms with E-state index in [1.165, 1.54) is 27.8 Å². The second-order valence-corrected chi connectivity index (χ2v) is 13.2. The van der Waals surface area contributed by atoms with Crippen molar-refractivity contribution in [3.05, 3.63) is 203 Å². The minimum absolute atomic E-state index is 0.00476. The summed E-state index contributed by atoms with van der Waals surface area (Å²) < 4.78 is 5.50. The van der Waals surface area contributed by atoms with Gasteiger partial charge in [0, 0.05) is 18.4 Å². The number of ether oxygens (including phenoxy) is 1. The average molecular weight is 774 g/mol. The lowest BCUT2D eigenvalue weighted by atomic mass is 9.88. The van der Waals surface area contributed by atoms with Gasteiger partial charge in [-0.1, -0.05) is 153 Å². The zero-order valence-corrected chi connectivity index (χ0v) is 32.8. The summed E-state index contributed by atoms with van der Waals surface area (Å²) in [5, 5.41) is 26.4. The van der Waals surface area contributed by atoms with Crippen LogP contribution in [0.1, 0.15) is 59.6 Å². The Balaban J connectivity index is 0.000000224. The van der Waals surface area contributed by atoms with E-state index < -0.39 is 0 Å². The molecule has 0 bridgehead atoms. The van der Waals surface area contributed by atoms with E-state index in [-0.39, 0.29) is 12.4 Å². The van der Waals surface area contributed by atoms with Crippen LogP contribution in [0, 0.1) is 0 Å². The van der Waals surface area contributed by atoms with Crippen molar-refractivity contribution >= 4 is 45.5 Å².